The summed E-state index contributed by atoms with van der Waals surface area (Å²) in [5, 5.41) is 0. The molecule has 0 heterocycles. The van der Waals surface area contributed by atoms with Crippen molar-refractivity contribution in [2.75, 3.05) is 6.26 Å². The Balaban J connectivity index is 2.37. The molecule has 98 valence electrons. The van der Waals surface area contributed by atoms with E-state index >= 15 is 0 Å². The standard InChI is InChI=1S/C15H12F2OS/c1-19-12-5-2-10(3-6-12)13(9-18)11-4-7-14(16)15(17)8-11/h2-9,13H,1H3. The molecule has 0 aliphatic rings. The summed E-state index contributed by atoms with van der Waals surface area (Å²) in [6, 6.07) is 11.0. The second-order valence-corrected chi connectivity index (χ2v) is 4.94. The van der Waals surface area contributed by atoms with Gasteiger partial charge in [0.1, 0.15) is 6.29 Å². The number of carbonyl (C=O) groups is 1. The van der Waals surface area contributed by atoms with Crippen LogP contribution in [0, 0.1) is 11.6 Å². The van der Waals surface area contributed by atoms with Gasteiger partial charge in [0.15, 0.2) is 11.6 Å². The van der Waals surface area contributed by atoms with E-state index in [-0.39, 0.29) is 0 Å². The smallest absolute Gasteiger partial charge is 0.159 e. The minimum Gasteiger partial charge on any atom is -0.302 e. The lowest BCUT2D eigenvalue weighted by atomic mass is 9.92. The quantitative estimate of drug-likeness (QED) is 0.620. The first-order valence-electron chi connectivity index (χ1n) is 5.70. The first kappa shape index (κ1) is 13.7. The van der Waals surface area contributed by atoms with Crippen molar-refractivity contribution in [3.8, 4) is 0 Å². The molecule has 1 nitrogen and oxygen atoms in total. The molecule has 0 spiro atoms. The molecule has 0 saturated heterocycles. The molecule has 0 N–H and O–H groups in total. The van der Waals surface area contributed by atoms with Crippen LogP contribution in [-0.2, 0) is 4.79 Å². The first-order chi connectivity index (χ1) is 9.15. The number of hydrogen-bond donors (Lipinski definition) is 0. The van der Waals surface area contributed by atoms with Crippen molar-refractivity contribution in [3.63, 3.8) is 0 Å². The Morgan fingerprint density at radius 3 is 2.16 bits per heavy atom. The van der Waals surface area contributed by atoms with E-state index in [1.54, 1.807) is 11.8 Å². The van der Waals surface area contributed by atoms with Crippen LogP contribution in [-0.4, -0.2) is 12.5 Å². The number of rotatable bonds is 4. The molecule has 2 aromatic rings. The van der Waals surface area contributed by atoms with Gasteiger partial charge in [-0.15, -0.1) is 11.8 Å². The predicted octanol–water partition coefficient (Wildman–Crippen LogP) is 4.02. The molecule has 0 aromatic heterocycles. The highest BCUT2D eigenvalue weighted by atomic mass is 32.2. The molecule has 1 atom stereocenters. The minimum atomic E-state index is -0.940. The Bertz CT molecular complexity index is 581. The van der Waals surface area contributed by atoms with Crippen molar-refractivity contribution in [1.29, 1.82) is 0 Å². The van der Waals surface area contributed by atoms with Crippen molar-refractivity contribution < 1.29 is 13.6 Å². The Morgan fingerprint density at radius 2 is 1.63 bits per heavy atom. The maximum absolute atomic E-state index is 13.2. The number of aldehydes is 1. The van der Waals surface area contributed by atoms with E-state index in [4.69, 9.17) is 0 Å². The van der Waals surface area contributed by atoms with Gasteiger partial charge in [-0.05, 0) is 41.6 Å². The maximum atomic E-state index is 13.2. The lowest BCUT2D eigenvalue weighted by Gasteiger charge is -2.12. The van der Waals surface area contributed by atoms with E-state index in [1.165, 1.54) is 6.07 Å². The predicted molar refractivity (Wildman–Crippen MR) is 72.5 cm³/mol. The molecule has 1 unspecified atom stereocenters. The van der Waals surface area contributed by atoms with Gasteiger partial charge in [-0.2, -0.15) is 0 Å². The summed E-state index contributed by atoms with van der Waals surface area (Å²) in [6.07, 6.45) is 2.70. The van der Waals surface area contributed by atoms with E-state index in [0.29, 0.717) is 5.56 Å². The average Bonchev–Trinajstić information content (AvgIpc) is 2.44. The molecular weight excluding hydrogens is 266 g/mol. The Morgan fingerprint density at radius 1 is 1.00 bits per heavy atom. The topological polar surface area (TPSA) is 17.1 Å². The number of carbonyl (C=O) groups excluding carboxylic acids is 1. The van der Waals surface area contributed by atoms with Gasteiger partial charge in [-0.25, -0.2) is 8.78 Å². The molecular formula is C15H12F2OS. The monoisotopic (exact) mass is 278 g/mol. The van der Waals surface area contributed by atoms with Gasteiger partial charge in [0.05, 0.1) is 5.92 Å². The Labute approximate surface area is 114 Å². The summed E-state index contributed by atoms with van der Waals surface area (Å²) in [5.74, 6) is -2.43. The molecule has 0 aliphatic heterocycles. The molecule has 0 fully saturated rings. The maximum Gasteiger partial charge on any atom is 0.159 e. The second kappa shape index (κ2) is 5.97. The molecule has 0 amide bonds. The van der Waals surface area contributed by atoms with Crippen molar-refractivity contribution in [1.82, 2.24) is 0 Å². The molecule has 0 aliphatic carbocycles. The highest BCUT2D eigenvalue weighted by Gasteiger charge is 2.15. The summed E-state index contributed by atoms with van der Waals surface area (Å²) in [6.45, 7) is 0. The fraction of sp³-hybridized carbons (Fsp3) is 0.133. The third-order valence-corrected chi connectivity index (χ3v) is 3.66. The molecule has 19 heavy (non-hydrogen) atoms. The zero-order valence-electron chi connectivity index (χ0n) is 10.3. The van der Waals surface area contributed by atoms with E-state index in [0.717, 1.165) is 28.9 Å². The molecule has 0 radical (unpaired) electrons. The summed E-state index contributed by atoms with van der Waals surface area (Å²) >= 11 is 1.60. The van der Waals surface area contributed by atoms with Crippen molar-refractivity contribution in [2.45, 2.75) is 10.8 Å². The van der Waals surface area contributed by atoms with Gasteiger partial charge < -0.3 is 4.79 Å². The van der Waals surface area contributed by atoms with Crippen LogP contribution in [0.2, 0.25) is 0 Å². The normalized spacial score (nSPS) is 12.2. The number of benzene rings is 2. The van der Waals surface area contributed by atoms with Gasteiger partial charge in [-0.3, -0.25) is 0 Å². The van der Waals surface area contributed by atoms with E-state index in [1.807, 2.05) is 30.5 Å². The third-order valence-electron chi connectivity index (χ3n) is 2.91. The van der Waals surface area contributed by atoms with E-state index in [2.05, 4.69) is 0 Å². The Hall–Kier alpha value is -1.68. The van der Waals surface area contributed by atoms with Gasteiger partial charge in [-0.1, -0.05) is 18.2 Å². The van der Waals surface area contributed by atoms with Crippen LogP contribution in [0.15, 0.2) is 47.4 Å². The second-order valence-electron chi connectivity index (χ2n) is 4.06. The molecule has 4 heteroatoms. The van der Waals surface area contributed by atoms with Crippen molar-refractivity contribution in [3.05, 3.63) is 65.2 Å². The fourth-order valence-electron chi connectivity index (χ4n) is 1.87. The van der Waals surface area contributed by atoms with E-state index < -0.39 is 17.6 Å². The van der Waals surface area contributed by atoms with Crippen molar-refractivity contribution in [2.24, 2.45) is 0 Å². The highest BCUT2D eigenvalue weighted by Crippen LogP contribution is 2.26. The van der Waals surface area contributed by atoms with Crippen LogP contribution in [0.25, 0.3) is 0 Å². The van der Waals surface area contributed by atoms with Gasteiger partial charge in [0.2, 0.25) is 0 Å². The third kappa shape index (κ3) is 3.01. The number of halogens is 2. The number of thioether (sulfide) groups is 1. The Kier molecular flexibility index (Phi) is 4.32. The minimum absolute atomic E-state index is 0.450. The van der Waals surface area contributed by atoms with Crippen LogP contribution in [0.4, 0.5) is 8.78 Å². The van der Waals surface area contributed by atoms with Crippen LogP contribution in [0.1, 0.15) is 17.0 Å². The molecule has 2 rings (SSSR count). The summed E-state index contributed by atoms with van der Waals surface area (Å²) < 4.78 is 26.1. The SMILES string of the molecule is CSc1ccc(C(C=O)c2ccc(F)c(F)c2)cc1. The lowest BCUT2D eigenvalue weighted by molar-refractivity contribution is -0.108. The van der Waals surface area contributed by atoms with Crippen LogP contribution in [0.3, 0.4) is 0 Å². The van der Waals surface area contributed by atoms with E-state index in [9.17, 15) is 13.6 Å². The molecule has 2 aromatic carbocycles. The summed E-state index contributed by atoms with van der Waals surface area (Å²) in [4.78, 5) is 12.3. The largest absolute Gasteiger partial charge is 0.302 e. The van der Waals surface area contributed by atoms with Crippen LogP contribution >= 0.6 is 11.8 Å². The van der Waals surface area contributed by atoms with Crippen LogP contribution < -0.4 is 0 Å². The van der Waals surface area contributed by atoms with Crippen LogP contribution in [0.5, 0.6) is 0 Å². The lowest BCUT2D eigenvalue weighted by Crippen LogP contribution is -2.03. The zero-order chi connectivity index (χ0) is 13.8. The first-order valence-corrected chi connectivity index (χ1v) is 6.92. The number of hydrogen-bond acceptors (Lipinski definition) is 2. The van der Waals surface area contributed by atoms with Gasteiger partial charge >= 0.3 is 0 Å². The molecule has 0 saturated carbocycles. The van der Waals surface area contributed by atoms with Gasteiger partial charge in [0, 0.05) is 4.90 Å². The highest BCUT2D eigenvalue weighted by molar-refractivity contribution is 7.98. The van der Waals surface area contributed by atoms with Gasteiger partial charge in [0.25, 0.3) is 0 Å². The zero-order valence-corrected chi connectivity index (χ0v) is 11.1. The molecule has 0 bridgehead atoms. The average molecular weight is 278 g/mol. The van der Waals surface area contributed by atoms with Crippen molar-refractivity contribution >= 4 is 18.0 Å². The fourth-order valence-corrected chi connectivity index (χ4v) is 2.27. The summed E-state index contributed by atoms with van der Waals surface area (Å²) in [7, 11) is 0. The summed E-state index contributed by atoms with van der Waals surface area (Å²) in [5.41, 5.74) is 1.21.